The lowest BCUT2D eigenvalue weighted by Gasteiger charge is -2.21. The van der Waals surface area contributed by atoms with Crippen LogP contribution >= 0.6 is 0 Å². The molecule has 1 saturated carbocycles. The van der Waals surface area contributed by atoms with E-state index in [9.17, 15) is 9.50 Å². The van der Waals surface area contributed by atoms with Crippen LogP contribution in [0.1, 0.15) is 37.1 Å². The monoisotopic (exact) mass is 431 g/mol. The van der Waals surface area contributed by atoms with Crippen molar-refractivity contribution in [3.8, 4) is 22.6 Å². The standard InChI is InChI=1S/C23H22FN7O/c24-17-8-2-1-7-16(17)18-12-19(28-22(25)27-18)20-14-31(30-29-20)13-15-6-5-9-21(26-15)23(32)10-3-4-11-23/h1-2,5-9,12,14,32H,3-4,10-11,13H2,(H2,25,27,28). The maximum absolute atomic E-state index is 14.2. The first kappa shape index (κ1) is 20.2. The normalized spacial score (nSPS) is 15.2. The van der Waals surface area contributed by atoms with Gasteiger partial charge in [-0.15, -0.1) is 5.10 Å². The number of hydrogen-bond acceptors (Lipinski definition) is 7. The average Bonchev–Trinajstić information content (AvgIpc) is 3.44. The Balaban J connectivity index is 1.41. The summed E-state index contributed by atoms with van der Waals surface area (Å²) < 4.78 is 15.8. The van der Waals surface area contributed by atoms with Crippen LogP contribution in [-0.4, -0.2) is 35.1 Å². The fourth-order valence-corrected chi connectivity index (χ4v) is 4.11. The number of nitrogen functional groups attached to an aromatic ring is 1. The highest BCUT2D eigenvalue weighted by Gasteiger charge is 2.34. The van der Waals surface area contributed by atoms with Crippen molar-refractivity contribution in [2.75, 3.05) is 5.73 Å². The molecule has 0 spiro atoms. The molecule has 0 saturated heterocycles. The highest BCUT2D eigenvalue weighted by Crippen LogP contribution is 2.37. The predicted octanol–water partition coefficient (Wildman–Crippen LogP) is 3.33. The van der Waals surface area contributed by atoms with Crippen molar-refractivity contribution in [3.05, 3.63) is 71.9 Å². The van der Waals surface area contributed by atoms with Crippen LogP contribution in [0.15, 0.2) is 54.7 Å². The van der Waals surface area contributed by atoms with Gasteiger partial charge >= 0.3 is 0 Å². The maximum Gasteiger partial charge on any atom is 0.221 e. The molecule has 3 aromatic heterocycles. The molecular weight excluding hydrogens is 409 g/mol. The summed E-state index contributed by atoms with van der Waals surface area (Å²) in [5, 5.41) is 19.2. The number of nitrogens with two attached hydrogens (primary N) is 1. The van der Waals surface area contributed by atoms with Crippen LogP contribution in [0, 0.1) is 5.82 Å². The van der Waals surface area contributed by atoms with Crippen molar-refractivity contribution in [3.63, 3.8) is 0 Å². The second kappa shape index (κ2) is 8.08. The Morgan fingerprint density at radius 3 is 2.56 bits per heavy atom. The number of aliphatic hydroxyl groups is 1. The van der Waals surface area contributed by atoms with Crippen LogP contribution < -0.4 is 5.73 Å². The van der Waals surface area contributed by atoms with Gasteiger partial charge in [-0.25, -0.2) is 19.0 Å². The van der Waals surface area contributed by atoms with Crippen molar-refractivity contribution in [2.45, 2.75) is 37.8 Å². The summed E-state index contributed by atoms with van der Waals surface area (Å²) >= 11 is 0. The van der Waals surface area contributed by atoms with E-state index in [1.807, 2.05) is 18.2 Å². The van der Waals surface area contributed by atoms with E-state index in [0.29, 0.717) is 34.9 Å². The summed E-state index contributed by atoms with van der Waals surface area (Å²) in [6, 6.07) is 13.6. The van der Waals surface area contributed by atoms with Gasteiger partial charge in [0.05, 0.1) is 35.5 Å². The number of aromatic nitrogens is 6. The summed E-state index contributed by atoms with van der Waals surface area (Å²) in [6.45, 7) is 0.387. The minimum atomic E-state index is -0.842. The Labute approximate surface area is 184 Å². The molecule has 0 atom stereocenters. The number of benzene rings is 1. The minimum absolute atomic E-state index is 0.0227. The minimum Gasteiger partial charge on any atom is -0.384 e. The molecule has 3 heterocycles. The van der Waals surface area contributed by atoms with Crippen molar-refractivity contribution in [1.29, 1.82) is 0 Å². The summed E-state index contributed by atoms with van der Waals surface area (Å²) in [5.41, 5.74) is 8.14. The van der Waals surface area contributed by atoms with Crippen LogP contribution in [0.25, 0.3) is 22.6 Å². The van der Waals surface area contributed by atoms with Gasteiger partial charge in [0.2, 0.25) is 5.95 Å². The molecule has 162 valence electrons. The van der Waals surface area contributed by atoms with Crippen molar-refractivity contribution in [1.82, 2.24) is 29.9 Å². The summed E-state index contributed by atoms with van der Waals surface area (Å²) in [5.74, 6) is -0.371. The number of rotatable bonds is 5. The quantitative estimate of drug-likeness (QED) is 0.498. The first-order chi connectivity index (χ1) is 15.5. The van der Waals surface area contributed by atoms with Crippen LogP contribution in [0.3, 0.4) is 0 Å². The SMILES string of the molecule is Nc1nc(-c2cn(Cc3cccc(C4(O)CCCC4)n3)nn2)cc(-c2ccccc2F)n1. The van der Waals surface area contributed by atoms with Crippen LogP contribution in [0.5, 0.6) is 0 Å². The number of hydrogen-bond donors (Lipinski definition) is 2. The molecule has 4 aromatic rings. The number of halogens is 1. The maximum atomic E-state index is 14.2. The molecule has 8 nitrogen and oxygen atoms in total. The molecule has 3 N–H and O–H groups in total. The molecule has 5 rings (SSSR count). The second-order valence-corrected chi connectivity index (χ2v) is 8.03. The lowest BCUT2D eigenvalue weighted by molar-refractivity contribution is 0.0397. The largest absolute Gasteiger partial charge is 0.384 e. The fourth-order valence-electron chi connectivity index (χ4n) is 4.11. The molecule has 0 radical (unpaired) electrons. The van der Waals surface area contributed by atoms with Gasteiger partial charge in [-0.05, 0) is 43.2 Å². The molecule has 0 amide bonds. The van der Waals surface area contributed by atoms with Crippen LogP contribution in [-0.2, 0) is 12.1 Å². The van der Waals surface area contributed by atoms with Crippen molar-refractivity contribution >= 4 is 5.95 Å². The zero-order chi connectivity index (χ0) is 22.1. The Morgan fingerprint density at radius 1 is 0.969 bits per heavy atom. The van der Waals surface area contributed by atoms with E-state index in [1.165, 1.54) is 6.07 Å². The fraction of sp³-hybridized carbons (Fsp3) is 0.261. The molecule has 0 bridgehead atoms. The van der Waals surface area contributed by atoms with Gasteiger partial charge in [0.15, 0.2) is 0 Å². The highest BCUT2D eigenvalue weighted by molar-refractivity contribution is 5.67. The second-order valence-electron chi connectivity index (χ2n) is 8.03. The highest BCUT2D eigenvalue weighted by atomic mass is 19.1. The first-order valence-corrected chi connectivity index (χ1v) is 10.5. The van der Waals surface area contributed by atoms with Crippen LogP contribution in [0.2, 0.25) is 0 Å². The summed E-state index contributed by atoms with van der Waals surface area (Å²) in [6.07, 6.45) is 5.20. The van der Waals surface area contributed by atoms with E-state index in [1.54, 1.807) is 35.1 Å². The summed E-state index contributed by atoms with van der Waals surface area (Å²) in [4.78, 5) is 13.0. The Hall–Kier alpha value is -3.72. The van der Waals surface area contributed by atoms with E-state index in [0.717, 1.165) is 31.4 Å². The van der Waals surface area contributed by atoms with Crippen molar-refractivity contribution in [2.24, 2.45) is 0 Å². The van der Waals surface area contributed by atoms with Gasteiger partial charge in [-0.3, -0.25) is 4.98 Å². The molecule has 1 aromatic carbocycles. The third-order valence-corrected chi connectivity index (χ3v) is 5.73. The molecule has 1 fully saturated rings. The number of anilines is 1. The summed E-state index contributed by atoms with van der Waals surface area (Å²) in [7, 11) is 0. The molecular formula is C23H22FN7O. The van der Waals surface area contributed by atoms with Gasteiger partial charge in [0.1, 0.15) is 17.1 Å². The molecule has 1 aliphatic carbocycles. The van der Waals surface area contributed by atoms with Gasteiger partial charge in [0, 0.05) is 5.56 Å². The molecule has 0 aliphatic heterocycles. The molecule has 0 unspecified atom stereocenters. The molecule has 32 heavy (non-hydrogen) atoms. The molecule has 9 heteroatoms. The lowest BCUT2D eigenvalue weighted by Crippen LogP contribution is -2.23. The topological polar surface area (TPSA) is 116 Å². The Morgan fingerprint density at radius 2 is 1.75 bits per heavy atom. The average molecular weight is 431 g/mol. The van der Waals surface area contributed by atoms with Gasteiger partial charge in [-0.1, -0.05) is 36.3 Å². The lowest BCUT2D eigenvalue weighted by atomic mass is 9.97. The third-order valence-electron chi connectivity index (χ3n) is 5.73. The Kier molecular flexibility index (Phi) is 5.10. The van der Waals surface area contributed by atoms with E-state index in [4.69, 9.17) is 5.73 Å². The van der Waals surface area contributed by atoms with Gasteiger partial charge in [-0.2, -0.15) is 0 Å². The number of nitrogens with zero attached hydrogens (tertiary/aromatic N) is 6. The molecule has 1 aliphatic rings. The van der Waals surface area contributed by atoms with Gasteiger partial charge in [0.25, 0.3) is 0 Å². The van der Waals surface area contributed by atoms with Gasteiger partial charge < -0.3 is 10.8 Å². The zero-order valence-electron chi connectivity index (χ0n) is 17.3. The third kappa shape index (κ3) is 3.94. The smallest absolute Gasteiger partial charge is 0.221 e. The van der Waals surface area contributed by atoms with E-state index in [2.05, 4.69) is 25.3 Å². The van der Waals surface area contributed by atoms with E-state index < -0.39 is 11.4 Å². The first-order valence-electron chi connectivity index (χ1n) is 10.5. The Bertz CT molecular complexity index is 1270. The van der Waals surface area contributed by atoms with Crippen LogP contribution in [0.4, 0.5) is 10.3 Å². The van der Waals surface area contributed by atoms with Crippen molar-refractivity contribution < 1.29 is 9.50 Å². The van der Waals surface area contributed by atoms with E-state index >= 15 is 0 Å². The predicted molar refractivity (Wildman–Crippen MR) is 117 cm³/mol. The number of pyridine rings is 1. The van der Waals surface area contributed by atoms with E-state index in [-0.39, 0.29) is 5.95 Å². The zero-order valence-corrected chi connectivity index (χ0v) is 17.3.